The van der Waals surface area contributed by atoms with Gasteiger partial charge in [0.1, 0.15) is 0 Å². The van der Waals surface area contributed by atoms with Crippen molar-refractivity contribution in [3.8, 4) is 17.2 Å². The van der Waals surface area contributed by atoms with Gasteiger partial charge in [-0.15, -0.1) is 0 Å². The molecule has 0 spiro atoms. The fourth-order valence-electron chi connectivity index (χ4n) is 2.93. The fraction of sp³-hybridized carbons (Fsp3) is 0.312. The number of fused-ring (bicyclic) bond motifs is 1. The summed E-state index contributed by atoms with van der Waals surface area (Å²) in [4.78, 5) is 11.2. The first-order valence-corrected chi connectivity index (χ1v) is 6.91. The Balaban J connectivity index is 1.94. The van der Waals surface area contributed by atoms with Crippen LogP contribution in [0.5, 0.6) is 0 Å². The second-order valence-corrected chi connectivity index (χ2v) is 5.43. The third-order valence-electron chi connectivity index (χ3n) is 3.83. The number of amides is 1. The summed E-state index contributed by atoms with van der Waals surface area (Å²) in [6, 6.07) is 7.95. The van der Waals surface area contributed by atoms with Crippen LogP contribution in [0, 0.1) is 18.3 Å². The van der Waals surface area contributed by atoms with E-state index in [9.17, 15) is 4.79 Å². The van der Waals surface area contributed by atoms with E-state index in [1.807, 2.05) is 36.0 Å². The first-order chi connectivity index (χ1) is 10.1. The lowest BCUT2D eigenvalue weighted by Gasteiger charge is -2.09. The molecule has 0 radical (unpaired) electrons. The lowest BCUT2D eigenvalue weighted by Crippen LogP contribution is -2.34. The highest BCUT2D eigenvalue weighted by molar-refractivity contribution is 5.74. The number of carbonyl (C=O) groups excluding carboxylic acids is 1. The molecule has 0 fully saturated rings. The van der Waals surface area contributed by atoms with Gasteiger partial charge in [-0.3, -0.25) is 9.48 Å². The molecule has 2 heterocycles. The molecule has 0 saturated heterocycles. The molecule has 1 atom stereocenters. The maximum atomic E-state index is 11.2. The van der Waals surface area contributed by atoms with Crippen molar-refractivity contribution in [2.24, 2.45) is 0 Å². The quantitative estimate of drug-likeness (QED) is 0.911. The normalized spacial score (nSPS) is 16.3. The van der Waals surface area contributed by atoms with Gasteiger partial charge in [0.2, 0.25) is 5.91 Å². The second-order valence-electron chi connectivity index (χ2n) is 5.43. The smallest absolute Gasteiger partial charge is 0.217 e. The molecule has 1 aliphatic heterocycles. The number of aromatic nitrogens is 2. The summed E-state index contributed by atoms with van der Waals surface area (Å²) < 4.78 is 1.95. The van der Waals surface area contributed by atoms with Gasteiger partial charge in [0.25, 0.3) is 0 Å². The average molecular weight is 280 g/mol. The van der Waals surface area contributed by atoms with Gasteiger partial charge in [0, 0.05) is 24.6 Å². The summed E-state index contributed by atoms with van der Waals surface area (Å²) in [6.45, 7) is 4.25. The van der Waals surface area contributed by atoms with Crippen molar-refractivity contribution in [3.05, 3.63) is 41.2 Å². The zero-order chi connectivity index (χ0) is 15.0. The first kappa shape index (κ1) is 13.4. The standard InChI is InChI=1S/C16H16N4O/c1-10-5-12(7-17)3-4-14(10)15-8-18-20-9-13(6-16(15)20)19-11(2)21/h3-5,8,13H,6,9H2,1-2H3,(H,19,21). The monoisotopic (exact) mass is 280 g/mol. The number of hydrogen-bond acceptors (Lipinski definition) is 3. The summed E-state index contributed by atoms with van der Waals surface area (Å²) in [7, 11) is 0. The van der Waals surface area contributed by atoms with Gasteiger partial charge in [-0.2, -0.15) is 10.4 Å². The van der Waals surface area contributed by atoms with Gasteiger partial charge < -0.3 is 5.32 Å². The minimum Gasteiger partial charge on any atom is -0.351 e. The van der Waals surface area contributed by atoms with Crippen molar-refractivity contribution < 1.29 is 4.79 Å². The molecule has 21 heavy (non-hydrogen) atoms. The molecule has 5 nitrogen and oxygen atoms in total. The van der Waals surface area contributed by atoms with Gasteiger partial charge in [-0.05, 0) is 30.2 Å². The Labute approximate surface area is 123 Å². The number of aryl methyl sites for hydroxylation is 1. The van der Waals surface area contributed by atoms with Crippen molar-refractivity contribution in [1.82, 2.24) is 15.1 Å². The highest BCUT2D eigenvalue weighted by Crippen LogP contribution is 2.31. The van der Waals surface area contributed by atoms with Crippen LogP contribution >= 0.6 is 0 Å². The van der Waals surface area contributed by atoms with E-state index in [0.717, 1.165) is 28.8 Å². The van der Waals surface area contributed by atoms with Crippen LogP contribution in [-0.4, -0.2) is 21.7 Å². The van der Waals surface area contributed by atoms with Crippen LogP contribution in [0.25, 0.3) is 11.1 Å². The number of hydrogen-bond donors (Lipinski definition) is 1. The molecular weight excluding hydrogens is 264 g/mol. The highest BCUT2D eigenvalue weighted by atomic mass is 16.1. The molecular formula is C16H16N4O. The number of rotatable bonds is 2. The van der Waals surface area contributed by atoms with E-state index in [4.69, 9.17) is 5.26 Å². The molecule has 1 aliphatic rings. The summed E-state index contributed by atoms with van der Waals surface area (Å²) in [6.07, 6.45) is 2.65. The van der Waals surface area contributed by atoms with E-state index in [0.29, 0.717) is 12.1 Å². The minimum absolute atomic E-state index is 0.0122. The molecule has 2 aromatic rings. The molecule has 1 aromatic heterocycles. The Morgan fingerprint density at radius 3 is 2.95 bits per heavy atom. The van der Waals surface area contributed by atoms with Crippen LogP contribution in [0.15, 0.2) is 24.4 Å². The highest BCUT2D eigenvalue weighted by Gasteiger charge is 2.26. The Morgan fingerprint density at radius 1 is 1.48 bits per heavy atom. The summed E-state index contributed by atoms with van der Waals surface area (Å²) in [5.74, 6) is -0.0122. The van der Waals surface area contributed by atoms with Crippen molar-refractivity contribution >= 4 is 5.91 Å². The van der Waals surface area contributed by atoms with Crippen molar-refractivity contribution in [2.45, 2.75) is 32.9 Å². The number of carbonyl (C=O) groups is 1. The van der Waals surface area contributed by atoms with Gasteiger partial charge in [-0.1, -0.05) is 6.07 Å². The Hall–Kier alpha value is -2.61. The first-order valence-electron chi connectivity index (χ1n) is 6.91. The summed E-state index contributed by atoms with van der Waals surface area (Å²) in [5, 5.41) is 16.3. The molecule has 0 bridgehead atoms. The fourth-order valence-corrected chi connectivity index (χ4v) is 2.93. The molecule has 106 valence electrons. The van der Waals surface area contributed by atoms with Crippen LogP contribution < -0.4 is 5.32 Å². The van der Waals surface area contributed by atoms with E-state index in [2.05, 4.69) is 16.5 Å². The Bertz CT molecular complexity index is 754. The molecule has 0 saturated carbocycles. The van der Waals surface area contributed by atoms with E-state index < -0.39 is 0 Å². The molecule has 1 N–H and O–H groups in total. The van der Waals surface area contributed by atoms with Gasteiger partial charge in [0.05, 0.1) is 30.4 Å². The zero-order valence-electron chi connectivity index (χ0n) is 12.1. The maximum Gasteiger partial charge on any atom is 0.217 e. The number of nitriles is 1. The molecule has 1 amide bonds. The average Bonchev–Trinajstić information content (AvgIpc) is 2.98. The third-order valence-corrected chi connectivity index (χ3v) is 3.83. The second kappa shape index (κ2) is 5.06. The summed E-state index contributed by atoms with van der Waals surface area (Å²) >= 11 is 0. The van der Waals surface area contributed by atoms with Crippen molar-refractivity contribution in [3.63, 3.8) is 0 Å². The largest absolute Gasteiger partial charge is 0.351 e. The van der Waals surface area contributed by atoms with Gasteiger partial charge >= 0.3 is 0 Å². The lowest BCUT2D eigenvalue weighted by atomic mass is 9.98. The van der Waals surface area contributed by atoms with Crippen LogP contribution in [-0.2, 0) is 17.8 Å². The van der Waals surface area contributed by atoms with E-state index in [-0.39, 0.29) is 11.9 Å². The van der Waals surface area contributed by atoms with Gasteiger partial charge in [0.15, 0.2) is 0 Å². The van der Waals surface area contributed by atoms with Crippen LogP contribution in [0.2, 0.25) is 0 Å². The minimum atomic E-state index is -0.0122. The van der Waals surface area contributed by atoms with E-state index in [1.54, 1.807) is 0 Å². The van der Waals surface area contributed by atoms with E-state index >= 15 is 0 Å². The number of nitrogens with one attached hydrogen (secondary N) is 1. The van der Waals surface area contributed by atoms with Crippen LogP contribution in [0.1, 0.15) is 23.7 Å². The predicted molar refractivity (Wildman–Crippen MR) is 78.4 cm³/mol. The Kier molecular flexibility index (Phi) is 3.22. The Morgan fingerprint density at radius 2 is 2.29 bits per heavy atom. The molecule has 3 rings (SSSR count). The van der Waals surface area contributed by atoms with E-state index in [1.165, 1.54) is 6.92 Å². The third kappa shape index (κ3) is 2.40. The zero-order valence-corrected chi connectivity index (χ0v) is 12.1. The van der Waals surface area contributed by atoms with Crippen LogP contribution in [0.3, 0.4) is 0 Å². The number of nitrogens with zero attached hydrogens (tertiary/aromatic N) is 3. The van der Waals surface area contributed by atoms with Gasteiger partial charge in [-0.25, -0.2) is 0 Å². The molecule has 1 unspecified atom stereocenters. The van der Waals surface area contributed by atoms with Crippen molar-refractivity contribution in [2.75, 3.05) is 0 Å². The SMILES string of the molecule is CC(=O)NC1Cc2c(-c3ccc(C#N)cc3C)cnn2C1. The lowest BCUT2D eigenvalue weighted by molar-refractivity contribution is -0.119. The molecule has 5 heteroatoms. The summed E-state index contributed by atoms with van der Waals surface area (Å²) in [5.41, 5.74) is 5.05. The predicted octanol–water partition coefficient (Wildman–Crippen LogP) is 1.79. The van der Waals surface area contributed by atoms with Crippen molar-refractivity contribution in [1.29, 1.82) is 5.26 Å². The molecule has 1 aromatic carbocycles. The molecule has 0 aliphatic carbocycles. The van der Waals surface area contributed by atoms with Crippen LogP contribution in [0.4, 0.5) is 0 Å². The number of benzene rings is 1. The topological polar surface area (TPSA) is 70.7 Å². The maximum absolute atomic E-state index is 11.2.